The van der Waals surface area contributed by atoms with E-state index < -0.39 is 0 Å². The van der Waals surface area contributed by atoms with Gasteiger partial charge >= 0.3 is 0 Å². The number of phenolic OH excluding ortho intramolecular Hbond substituents is 1. The van der Waals surface area contributed by atoms with E-state index in [0.717, 1.165) is 27.4 Å². The van der Waals surface area contributed by atoms with Crippen LogP contribution < -0.4 is 19.0 Å². The van der Waals surface area contributed by atoms with Crippen molar-refractivity contribution in [3.05, 3.63) is 52.1 Å². The Bertz CT molecular complexity index is 1120. The van der Waals surface area contributed by atoms with E-state index in [4.69, 9.17) is 19.2 Å². The van der Waals surface area contributed by atoms with Gasteiger partial charge in [-0.2, -0.15) is 5.10 Å². The Morgan fingerprint density at radius 2 is 1.77 bits per heavy atom. The number of methoxy groups -OCH3 is 3. The molecule has 0 amide bonds. The molecule has 8 heteroatoms. The minimum atomic E-state index is 0.0788. The van der Waals surface area contributed by atoms with Gasteiger partial charge in [0, 0.05) is 17.0 Å². The zero-order chi connectivity index (χ0) is 21.7. The third-order valence-electron chi connectivity index (χ3n) is 4.26. The number of benzene rings is 2. The monoisotopic (exact) mass is 427 g/mol. The predicted octanol–water partition coefficient (Wildman–Crippen LogP) is 4.14. The van der Waals surface area contributed by atoms with Crippen LogP contribution in [0.2, 0.25) is 0 Å². The quantitative estimate of drug-likeness (QED) is 0.575. The zero-order valence-electron chi connectivity index (χ0n) is 17.6. The molecule has 0 unspecified atom stereocenters. The molecule has 1 N–H and O–H groups in total. The second-order valence-corrected chi connectivity index (χ2v) is 7.52. The number of aromatic hydroxyl groups is 1. The lowest BCUT2D eigenvalue weighted by atomic mass is 10.1. The van der Waals surface area contributed by atoms with Crippen molar-refractivity contribution in [3.8, 4) is 34.3 Å². The average molecular weight is 428 g/mol. The van der Waals surface area contributed by atoms with Crippen molar-refractivity contribution in [2.45, 2.75) is 19.9 Å². The lowest BCUT2D eigenvalue weighted by Crippen LogP contribution is -2.14. The van der Waals surface area contributed by atoms with Crippen LogP contribution in [0.1, 0.15) is 19.4 Å². The molecule has 2 aromatic carbocycles. The molecule has 0 saturated heterocycles. The molecule has 3 rings (SSSR count). The summed E-state index contributed by atoms with van der Waals surface area (Å²) in [5, 5.41) is 16.5. The summed E-state index contributed by atoms with van der Waals surface area (Å²) in [4.78, 5) is 5.45. The van der Waals surface area contributed by atoms with Crippen molar-refractivity contribution in [2.75, 3.05) is 21.3 Å². The highest BCUT2D eigenvalue weighted by molar-refractivity contribution is 7.07. The first-order valence-electron chi connectivity index (χ1n) is 9.35. The number of nitrogens with zero attached hydrogens (tertiary/aromatic N) is 3. The molecule has 0 aliphatic heterocycles. The van der Waals surface area contributed by atoms with Gasteiger partial charge < -0.3 is 19.3 Å². The van der Waals surface area contributed by atoms with Gasteiger partial charge in [-0.25, -0.2) is 4.68 Å². The van der Waals surface area contributed by atoms with E-state index in [1.165, 1.54) is 18.4 Å². The first-order valence-corrected chi connectivity index (χ1v) is 10.2. The van der Waals surface area contributed by atoms with Gasteiger partial charge in [-0.1, -0.05) is 0 Å². The van der Waals surface area contributed by atoms with Crippen LogP contribution in [-0.4, -0.2) is 43.4 Å². The maximum Gasteiger partial charge on any atom is 0.206 e. The number of thiazole rings is 1. The molecule has 0 bridgehead atoms. The molecule has 0 fully saturated rings. The number of phenols is 1. The van der Waals surface area contributed by atoms with Gasteiger partial charge in [-0.3, -0.25) is 4.99 Å². The summed E-state index contributed by atoms with van der Waals surface area (Å²) in [6.45, 7) is 4.04. The molecule has 3 aromatic rings. The van der Waals surface area contributed by atoms with E-state index in [1.54, 1.807) is 43.3 Å². The lowest BCUT2D eigenvalue weighted by molar-refractivity contribution is 0.373. The molecule has 0 aliphatic rings. The summed E-state index contributed by atoms with van der Waals surface area (Å²) >= 11 is 1.50. The molecule has 30 heavy (non-hydrogen) atoms. The highest BCUT2D eigenvalue weighted by Crippen LogP contribution is 2.34. The highest BCUT2D eigenvalue weighted by atomic mass is 32.1. The highest BCUT2D eigenvalue weighted by Gasteiger charge is 2.14. The van der Waals surface area contributed by atoms with Crippen LogP contribution in [0.5, 0.6) is 23.0 Å². The molecule has 0 saturated carbocycles. The van der Waals surface area contributed by atoms with Crippen LogP contribution in [0.3, 0.4) is 0 Å². The van der Waals surface area contributed by atoms with Crippen molar-refractivity contribution in [2.24, 2.45) is 10.1 Å². The van der Waals surface area contributed by atoms with E-state index in [2.05, 4.69) is 5.10 Å². The maximum absolute atomic E-state index is 9.82. The summed E-state index contributed by atoms with van der Waals surface area (Å²) < 4.78 is 17.9. The van der Waals surface area contributed by atoms with Crippen LogP contribution in [0.4, 0.5) is 0 Å². The van der Waals surface area contributed by atoms with Gasteiger partial charge in [0.25, 0.3) is 0 Å². The standard InChI is InChI=1S/C22H25N3O4S/c1-14(2)24-22-25(23-12-15-6-8-19(26)21(10-15)29-5)18(13-30-22)17-11-16(27-3)7-9-20(17)28-4/h6-14,26H,1-5H3. The van der Waals surface area contributed by atoms with E-state index in [-0.39, 0.29) is 11.8 Å². The molecule has 0 atom stereocenters. The van der Waals surface area contributed by atoms with Crippen LogP contribution in [0.15, 0.2) is 51.9 Å². The van der Waals surface area contributed by atoms with Gasteiger partial charge in [0.15, 0.2) is 11.5 Å². The lowest BCUT2D eigenvalue weighted by Gasteiger charge is -2.11. The number of ether oxygens (including phenoxy) is 3. The second-order valence-electron chi connectivity index (χ2n) is 6.68. The molecule has 7 nitrogen and oxygen atoms in total. The Kier molecular flexibility index (Phi) is 6.79. The van der Waals surface area contributed by atoms with Gasteiger partial charge in [-0.15, -0.1) is 11.3 Å². The van der Waals surface area contributed by atoms with Crippen molar-refractivity contribution in [1.29, 1.82) is 0 Å². The fourth-order valence-electron chi connectivity index (χ4n) is 2.82. The van der Waals surface area contributed by atoms with E-state index in [1.807, 2.05) is 37.4 Å². The van der Waals surface area contributed by atoms with Gasteiger partial charge in [0.05, 0.1) is 33.2 Å². The number of hydrogen-bond acceptors (Lipinski definition) is 7. The summed E-state index contributed by atoms with van der Waals surface area (Å²) in [7, 11) is 4.77. The van der Waals surface area contributed by atoms with Crippen LogP contribution in [0, 0.1) is 0 Å². The Morgan fingerprint density at radius 1 is 1.00 bits per heavy atom. The molecule has 0 aliphatic carbocycles. The number of rotatable bonds is 7. The minimum Gasteiger partial charge on any atom is -0.504 e. The Hall–Kier alpha value is -3.26. The molecule has 158 valence electrons. The molecule has 0 spiro atoms. The van der Waals surface area contributed by atoms with Gasteiger partial charge in [0.1, 0.15) is 11.5 Å². The predicted molar refractivity (Wildman–Crippen MR) is 119 cm³/mol. The number of hydrogen-bond donors (Lipinski definition) is 1. The fourth-order valence-corrected chi connectivity index (χ4v) is 3.78. The Morgan fingerprint density at radius 3 is 2.43 bits per heavy atom. The third kappa shape index (κ3) is 4.65. The largest absolute Gasteiger partial charge is 0.504 e. The molecule has 1 aromatic heterocycles. The summed E-state index contributed by atoms with van der Waals surface area (Å²) in [6, 6.07) is 10.8. The summed E-state index contributed by atoms with van der Waals surface area (Å²) in [5.41, 5.74) is 2.46. The summed E-state index contributed by atoms with van der Waals surface area (Å²) in [6.07, 6.45) is 1.70. The summed E-state index contributed by atoms with van der Waals surface area (Å²) in [5.74, 6) is 1.89. The van der Waals surface area contributed by atoms with Crippen molar-refractivity contribution < 1.29 is 19.3 Å². The van der Waals surface area contributed by atoms with Crippen molar-refractivity contribution in [3.63, 3.8) is 0 Å². The first kappa shape index (κ1) is 21.4. The van der Waals surface area contributed by atoms with E-state index >= 15 is 0 Å². The van der Waals surface area contributed by atoms with E-state index in [0.29, 0.717) is 11.5 Å². The van der Waals surface area contributed by atoms with Crippen LogP contribution in [-0.2, 0) is 0 Å². The maximum atomic E-state index is 9.82. The van der Waals surface area contributed by atoms with Crippen LogP contribution >= 0.6 is 11.3 Å². The van der Waals surface area contributed by atoms with E-state index in [9.17, 15) is 5.11 Å². The molecular formula is C22H25N3O4S. The first-order chi connectivity index (χ1) is 14.5. The van der Waals surface area contributed by atoms with Crippen LogP contribution in [0.25, 0.3) is 11.3 Å². The fraction of sp³-hybridized carbons (Fsp3) is 0.273. The second kappa shape index (κ2) is 9.49. The minimum absolute atomic E-state index is 0.0788. The normalized spacial score (nSPS) is 12.0. The third-order valence-corrected chi connectivity index (χ3v) is 5.09. The Labute approximate surface area is 179 Å². The Balaban J connectivity index is 2.15. The van der Waals surface area contributed by atoms with Crippen molar-refractivity contribution >= 4 is 17.6 Å². The number of aromatic nitrogens is 1. The molecule has 0 radical (unpaired) electrons. The van der Waals surface area contributed by atoms with Gasteiger partial charge in [-0.05, 0) is 55.8 Å². The molecular weight excluding hydrogens is 402 g/mol. The SMILES string of the molecule is COc1ccc(OC)c(-c2csc(=NC(C)C)n2N=Cc2ccc(O)c(OC)c2)c1. The van der Waals surface area contributed by atoms with Crippen molar-refractivity contribution in [1.82, 2.24) is 4.68 Å². The molecule has 1 heterocycles. The smallest absolute Gasteiger partial charge is 0.206 e. The zero-order valence-corrected chi connectivity index (χ0v) is 18.4. The van der Waals surface area contributed by atoms with Gasteiger partial charge in [0.2, 0.25) is 4.80 Å². The average Bonchev–Trinajstić information content (AvgIpc) is 3.14. The topological polar surface area (TPSA) is 77.6 Å².